The predicted octanol–water partition coefficient (Wildman–Crippen LogP) is 1.97. The number of benzene rings is 1. The van der Waals surface area contributed by atoms with Crippen molar-refractivity contribution in [3.8, 4) is 0 Å². The summed E-state index contributed by atoms with van der Waals surface area (Å²) in [7, 11) is 0. The minimum atomic E-state index is 0.000416. The molecule has 1 aromatic heterocycles. The van der Waals surface area contributed by atoms with Crippen molar-refractivity contribution in [2.75, 3.05) is 0 Å². The summed E-state index contributed by atoms with van der Waals surface area (Å²) in [6.45, 7) is 0.000416. The second kappa shape index (κ2) is 2.77. The zero-order chi connectivity index (χ0) is 8.55. The molecule has 0 fully saturated rings. The monoisotopic (exact) mass is 183 g/mol. The maximum Gasteiger partial charge on any atom is 0.293 e. The Bertz CT molecular complexity index is 410. The van der Waals surface area contributed by atoms with E-state index in [-0.39, 0.29) is 12.0 Å². The molecule has 0 unspecified atom stereocenters. The number of aromatic nitrogens is 1. The average molecular weight is 184 g/mol. The molecule has 0 aliphatic heterocycles. The van der Waals surface area contributed by atoms with Crippen molar-refractivity contribution < 1.29 is 9.52 Å². The highest BCUT2D eigenvalue weighted by Gasteiger charge is 2.02. The molecule has 62 valence electrons. The summed E-state index contributed by atoms with van der Waals surface area (Å²) >= 11 is 5.54. The fourth-order valence-corrected chi connectivity index (χ4v) is 1.22. The van der Waals surface area contributed by atoms with Crippen LogP contribution in [-0.4, -0.2) is 10.1 Å². The third-order valence-electron chi connectivity index (χ3n) is 1.61. The minimum absolute atomic E-state index is 0.000416. The van der Waals surface area contributed by atoms with Gasteiger partial charge in [0, 0.05) is 0 Å². The van der Waals surface area contributed by atoms with Gasteiger partial charge in [-0.3, -0.25) is 0 Å². The normalized spacial score (nSPS) is 10.8. The van der Waals surface area contributed by atoms with E-state index in [1.165, 1.54) is 0 Å². The molecule has 12 heavy (non-hydrogen) atoms. The van der Waals surface area contributed by atoms with E-state index in [9.17, 15) is 0 Å². The molecule has 1 heterocycles. The Morgan fingerprint density at radius 2 is 2.33 bits per heavy atom. The Kier molecular flexibility index (Phi) is 1.75. The Morgan fingerprint density at radius 3 is 3.08 bits per heavy atom. The fraction of sp³-hybridized carbons (Fsp3) is 0.125. The first-order chi connectivity index (χ1) is 5.79. The van der Waals surface area contributed by atoms with Crippen LogP contribution in [0, 0.1) is 0 Å². The third kappa shape index (κ3) is 1.17. The van der Waals surface area contributed by atoms with Gasteiger partial charge >= 0.3 is 0 Å². The Morgan fingerprint density at radius 1 is 1.50 bits per heavy atom. The van der Waals surface area contributed by atoms with Crippen molar-refractivity contribution in [3.63, 3.8) is 0 Å². The Balaban J connectivity index is 2.66. The van der Waals surface area contributed by atoms with Gasteiger partial charge in [0.15, 0.2) is 5.58 Å². The highest BCUT2D eigenvalue weighted by molar-refractivity contribution is 6.28. The lowest BCUT2D eigenvalue weighted by molar-refractivity contribution is 0.282. The van der Waals surface area contributed by atoms with Gasteiger partial charge in [0.2, 0.25) is 0 Å². The van der Waals surface area contributed by atoms with Crippen molar-refractivity contribution in [1.29, 1.82) is 0 Å². The summed E-state index contributed by atoms with van der Waals surface area (Å²) in [5, 5.41) is 8.94. The molecule has 0 amide bonds. The molecular weight excluding hydrogens is 178 g/mol. The summed E-state index contributed by atoms with van der Waals surface area (Å²) < 4.78 is 5.04. The van der Waals surface area contributed by atoms with E-state index >= 15 is 0 Å². The number of nitrogens with zero attached hydrogens (tertiary/aromatic N) is 1. The second-order valence-corrected chi connectivity index (χ2v) is 2.75. The van der Waals surface area contributed by atoms with Crippen LogP contribution in [0.1, 0.15) is 5.56 Å². The average Bonchev–Trinajstić information content (AvgIpc) is 2.43. The molecule has 1 N–H and O–H groups in total. The van der Waals surface area contributed by atoms with Crippen molar-refractivity contribution in [3.05, 3.63) is 29.1 Å². The molecule has 2 rings (SSSR count). The third-order valence-corrected chi connectivity index (χ3v) is 1.77. The lowest BCUT2D eigenvalue weighted by Crippen LogP contribution is -1.80. The van der Waals surface area contributed by atoms with Crippen molar-refractivity contribution in [1.82, 2.24) is 4.98 Å². The number of aliphatic hydroxyl groups excluding tert-OH is 1. The highest BCUT2D eigenvalue weighted by atomic mass is 35.5. The van der Waals surface area contributed by atoms with Crippen molar-refractivity contribution in [2.24, 2.45) is 0 Å². The number of aliphatic hydroxyl groups is 1. The van der Waals surface area contributed by atoms with Crippen LogP contribution in [0.15, 0.2) is 22.6 Å². The molecular formula is C8H6ClNO2. The number of hydrogen-bond acceptors (Lipinski definition) is 3. The Hall–Kier alpha value is -1.06. The smallest absolute Gasteiger partial charge is 0.293 e. The largest absolute Gasteiger partial charge is 0.428 e. The molecule has 0 aliphatic rings. The fourth-order valence-electron chi connectivity index (χ4n) is 1.04. The summed E-state index contributed by atoms with van der Waals surface area (Å²) in [5.74, 6) is 0. The van der Waals surface area contributed by atoms with Crippen LogP contribution in [-0.2, 0) is 6.61 Å². The molecule has 0 atom stereocenters. The Labute approximate surface area is 73.6 Å². The molecule has 2 aromatic rings. The molecule has 0 aliphatic carbocycles. The lowest BCUT2D eigenvalue weighted by Gasteiger charge is -1.92. The van der Waals surface area contributed by atoms with E-state index in [4.69, 9.17) is 21.1 Å². The molecule has 0 bridgehead atoms. The van der Waals surface area contributed by atoms with Crippen LogP contribution in [0.3, 0.4) is 0 Å². The molecule has 0 radical (unpaired) electrons. The van der Waals surface area contributed by atoms with Crippen LogP contribution in [0.2, 0.25) is 5.35 Å². The van der Waals surface area contributed by atoms with Crippen molar-refractivity contribution in [2.45, 2.75) is 6.61 Å². The summed E-state index contributed by atoms with van der Waals surface area (Å²) in [6.07, 6.45) is 0. The standard InChI is InChI=1S/C8H6ClNO2/c9-8-10-6-3-5(4-11)1-2-7(6)12-8/h1-3,11H,4H2. The molecule has 4 heteroatoms. The van der Waals surface area contributed by atoms with Gasteiger partial charge in [-0.1, -0.05) is 6.07 Å². The van der Waals surface area contributed by atoms with E-state index in [1.54, 1.807) is 18.2 Å². The molecule has 0 spiro atoms. The van der Waals surface area contributed by atoms with Gasteiger partial charge in [0.25, 0.3) is 5.35 Å². The zero-order valence-corrected chi connectivity index (χ0v) is 6.88. The van der Waals surface area contributed by atoms with Gasteiger partial charge in [-0.05, 0) is 29.3 Å². The number of oxazole rings is 1. The number of rotatable bonds is 1. The molecule has 0 saturated carbocycles. The van der Waals surface area contributed by atoms with Crippen LogP contribution in [0.5, 0.6) is 0 Å². The van der Waals surface area contributed by atoms with E-state index < -0.39 is 0 Å². The lowest BCUT2D eigenvalue weighted by atomic mass is 10.2. The number of hydrogen-bond donors (Lipinski definition) is 1. The summed E-state index contributed by atoms with van der Waals surface area (Å²) in [6, 6.07) is 5.24. The van der Waals surface area contributed by atoms with Gasteiger partial charge in [-0.15, -0.1) is 0 Å². The maximum atomic E-state index is 8.81. The quantitative estimate of drug-likeness (QED) is 0.735. The highest BCUT2D eigenvalue weighted by Crippen LogP contribution is 2.19. The van der Waals surface area contributed by atoms with Crippen LogP contribution >= 0.6 is 11.6 Å². The topological polar surface area (TPSA) is 46.3 Å². The van der Waals surface area contributed by atoms with Crippen LogP contribution in [0.4, 0.5) is 0 Å². The van der Waals surface area contributed by atoms with Crippen LogP contribution < -0.4 is 0 Å². The SMILES string of the molecule is OCc1ccc2oc(Cl)nc2c1. The van der Waals surface area contributed by atoms with Gasteiger partial charge in [0.1, 0.15) is 5.52 Å². The molecule has 0 saturated heterocycles. The summed E-state index contributed by atoms with van der Waals surface area (Å²) in [5.41, 5.74) is 2.11. The van der Waals surface area contributed by atoms with Crippen molar-refractivity contribution >= 4 is 22.7 Å². The van der Waals surface area contributed by atoms with E-state index in [0.29, 0.717) is 11.1 Å². The van der Waals surface area contributed by atoms with E-state index in [0.717, 1.165) is 5.56 Å². The first kappa shape index (κ1) is 7.58. The second-order valence-electron chi connectivity index (χ2n) is 2.43. The minimum Gasteiger partial charge on any atom is -0.428 e. The van der Waals surface area contributed by atoms with E-state index in [1.807, 2.05) is 0 Å². The molecule has 3 nitrogen and oxygen atoms in total. The maximum absolute atomic E-state index is 8.81. The predicted molar refractivity (Wildman–Crippen MR) is 44.9 cm³/mol. The van der Waals surface area contributed by atoms with E-state index in [2.05, 4.69) is 4.98 Å². The summed E-state index contributed by atoms with van der Waals surface area (Å²) in [4.78, 5) is 3.91. The van der Waals surface area contributed by atoms with Gasteiger partial charge in [0.05, 0.1) is 6.61 Å². The first-order valence-corrected chi connectivity index (χ1v) is 3.83. The number of halogens is 1. The van der Waals surface area contributed by atoms with Crippen LogP contribution in [0.25, 0.3) is 11.1 Å². The van der Waals surface area contributed by atoms with Gasteiger partial charge < -0.3 is 9.52 Å². The zero-order valence-electron chi connectivity index (χ0n) is 6.12. The first-order valence-electron chi connectivity index (χ1n) is 3.45. The molecule has 1 aromatic carbocycles. The van der Waals surface area contributed by atoms with Gasteiger partial charge in [-0.25, -0.2) is 0 Å². The number of fused-ring (bicyclic) bond motifs is 1. The van der Waals surface area contributed by atoms with Gasteiger partial charge in [-0.2, -0.15) is 4.98 Å².